The largest absolute Gasteiger partial charge is 0.333 e. The number of nitrogen functional groups attached to an aromatic ring is 1. The highest BCUT2D eigenvalue weighted by molar-refractivity contribution is 7.10. The smallest absolute Gasteiger partial charge is 0.299 e. The van der Waals surface area contributed by atoms with Gasteiger partial charge in [0.25, 0.3) is 5.56 Å². The van der Waals surface area contributed by atoms with Crippen molar-refractivity contribution in [3.8, 4) is 0 Å². The second-order valence-electron chi connectivity index (χ2n) is 4.56. The molecule has 0 saturated heterocycles. The second-order valence-corrected chi connectivity index (χ2v) is 5.98. The van der Waals surface area contributed by atoms with Gasteiger partial charge in [-0.15, -0.1) is 21.5 Å². The maximum absolute atomic E-state index is 12.2. The van der Waals surface area contributed by atoms with Crippen LogP contribution in [0.5, 0.6) is 0 Å². The fraction of sp³-hybridized carbons (Fsp3) is 0. The average Bonchev–Trinajstić information content (AvgIpc) is 3.07. The molecule has 23 heavy (non-hydrogen) atoms. The Morgan fingerprint density at radius 2 is 1.96 bits per heavy atom. The molecule has 0 fully saturated rings. The zero-order valence-electron chi connectivity index (χ0n) is 11.8. The number of benzene rings is 1. The van der Waals surface area contributed by atoms with Gasteiger partial charge in [-0.2, -0.15) is 4.68 Å². The lowest BCUT2D eigenvalue weighted by Gasteiger charge is -2.09. The first-order chi connectivity index (χ1) is 11.1. The van der Waals surface area contributed by atoms with Crippen LogP contribution in [0.25, 0.3) is 12.2 Å². The van der Waals surface area contributed by atoms with Crippen molar-refractivity contribution in [2.75, 3.05) is 11.2 Å². The molecule has 0 bridgehead atoms. The maximum Gasteiger partial charge on any atom is 0.299 e. The highest BCUT2D eigenvalue weighted by atomic mass is 35.5. The summed E-state index contributed by atoms with van der Waals surface area (Å²) in [5, 5.41) is 13.4. The number of nitrogens with two attached hydrogens (primary N) is 1. The number of thiophene rings is 1. The van der Waals surface area contributed by atoms with E-state index in [2.05, 4.69) is 15.5 Å². The minimum absolute atomic E-state index is 0.144. The Morgan fingerprint density at radius 1 is 1.17 bits per heavy atom. The molecule has 0 unspecified atom stereocenters. The normalized spacial score (nSPS) is 11.0. The first-order valence-electron chi connectivity index (χ1n) is 6.62. The molecule has 8 heteroatoms. The molecule has 0 spiro atoms. The molecule has 3 N–H and O–H groups in total. The number of hydrogen-bond donors (Lipinski definition) is 2. The van der Waals surface area contributed by atoms with Gasteiger partial charge in [0.15, 0.2) is 5.69 Å². The fourth-order valence-electron chi connectivity index (χ4n) is 1.81. The zero-order valence-corrected chi connectivity index (χ0v) is 13.4. The summed E-state index contributed by atoms with van der Waals surface area (Å²) in [7, 11) is 0. The highest BCUT2D eigenvalue weighted by Gasteiger charge is 2.08. The van der Waals surface area contributed by atoms with E-state index in [1.165, 1.54) is 0 Å². The third-order valence-electron chi connectivity index (χ3n) is 2.97. The Balaban J connectivity index is 1.85. The van der Waals surface area contributed by atoms with E-state index in [1.807, 2.05) is 17.5 Å². The summed E-state index contributed by atoms with van der Waals surface area (Å²) < 4.78 is 0.926. The zero-order chi connectivity index (χ0) is 16.2. The van der Waals surface area contributed by atoms with E-state index in [-0.39, 0.29) is 11.6 Å². The molecule has 2 heterocycles. The average molecular weight is 346 g/mol. The second kappa shape index (κ2) is 6.64. The van der Waals surface area contributed by atoms with Crippen LogP contribution in [0.1, 0.15) is 10.6 Å². The highest BCUT2D eigenvalue weighted by Crippen LogP contribution is 2.16. The summed E-state index contributed by atoms with van der Waals surface area (Å²) in [5.41, 5.74) is 0.427. The van der Waals surface area contributed by atoms with E-state index in [0.29, 0.717) is 10.7 Å². The van der Waals surface area contributed by atoms with E-state index in [9.17, 15) is 4.79 Å². The number of rotatable bonds is 4. The molecule has 0 saturated carbocycles. The van der Waals surface area contributed by atoms with E-state index < -0.39 is 5.56 Å². The number of halogens is 1. The van der Waals surface area contributed by atoms with Crippen LogP contribution in [0.15, 0.2) is 46.6 Å². The van der Waals surface area contributed by atoms with Crippen LogP contribution >= 0.6 is 22.9 Å². The van der Waals surface area contributed by atoms with Gasteiger partial charge in [-0.1, -0.05) is 17.7 Å². The molecular formula is C15H12ClN5OS. The number of anilines is 2. The Bertz CT molecular complexity index is 887. The molecule has 0 aliphatic carbocycles. The van der Waals surface area contributed by atoms with Crippen molar-refractivity contribution in [3.05, 3.63) is 67.7 Å². The third-order valence-corrected chi connectivity index (χ3v) is 4.06. The topological polar surface area (TPSA) is 85.8 Å². The lowest BCUT2D eigenvalue weighted by atomic mass is 10.3. The van der Waals surface area contributed by atoms with Gasteiger partial charge in [-0.3, -0.25) is 4.79 Å². The van der Waals surface area contributed by atoms with Crippen molar-refractivity contribution in [1.29, 1.82) is 0 Å². The lowest BCUT2D eigenvalue weighted by Crippen LogP contribution is -2.32. The SMILES string of the molecule is Nn1c(Nc2ccc(Cl)cc2)nnc(/C=C/c2cccs2)c1=O. The summed E-state index contributed by atoms with van der Waals surface area (Å²) in [4.78, 5) is 13.2. The summed E-state index contributed by atoms with van der Waals surface area (Å²) in [6.45, 7) is 0. The molecule has 3 aromatic rings. The van der Waals surface area contributed by atoms with Crippen molar-refractivity contribution in [2.24, 2.45) is 0 Å². The van der Waals surface area contributed by atoms with Gasteiger partial charge in [-0.25, -0.2) is 0 Å². The van der Waals surface area contributed by atoms with Crippen molar-refractivity contribution < 1.29 is 0 Å². The number of aromatic nitrogens is 3. The summed E-state index contributed by atoms with van der Waals surface area (Å²) in [6, 6.07) is 10.8. The van der Waals surface area contributed by atoms with Gasteiger partial charge < -0.3 is 11.2 Å². The van der Waals surface area contributed by atoms with Crippen molar-refractivity contribution in [1.82, 2.24) is 14.9 Å². The van der Waals surface area contributed by atoms with Crippen molar-refractivity contribution >= 4 is 46.7 Å². The quantitative estimate of drug-likeness (QED) is 0.710. The molecular weight excluding hydrogens is 334 g/mol. The molecule has 0 aliphatic rings. The summed E-state index contributed by atoms with van der Waals surface area (Å²) >= 11 is 7.39. The predicted octanol–water partition coefficient (Wildman–Crippen LogP) is 2.98. The van der Waals surface area contributed by atoms with Gasteiger partial charge in [0, 0.05) is 15.6 Å². The van der Waals surface area contributed by atoms with Crippen molar-refractivity contribution in [3.63, 3.8) is 0 Å². The van der Waals surface area contributed by atoms with Crippen LogP contribution in [0, 0.1) is 0 Å². The van der Waals surface area contributed by atoms with Crippen LogP contribution in [0.3, 0.4) is 0 Å². The molecule has 0 amide bonds. The standard InChI is InChI=1S/C15H12ClN5OS/c16-10-3-5-11(6-4-10)18-15-20-19-13(14(22)21(15)17)8-7-12-2-1-9-23-12/h1-9H,17H2,(H,18,20)/b8-7+. The number of hydrogen-bond acceptors (Lipinski definition) is 6. The third kappa shape index (κ3) is 3.58. The Hall–Kier alpha value is -2.64. The molecule has 0 aliphatic heterocycles. The fourth-order valence-corrected chi connectivity index (χ4v) is 2.56. The van der Waals surface area contributed by atoms with E-state index >= 15 is 0 Å². The Labute approximate surface area is 140 Å². The minimum atomic E-state index is -0.440. The summed E-state index contributed by atoms with van der Waals surface area (Å²) in [6.07, 6.45) is 3.39. The van der Waals surface area contributed by atoms with Gasteiger partial charge in [0.05, 0.1) is 0 Å². The van der Waals surface area contributed by atoms with Gasteiger partial charge in [0.1, 0.15) is 0 Å². The maximum atomic E-state index is 12.2. The van der Waals surface area contributed by atoms with E-state index in [1.54, 1.807) is 47.8 Å². The van der Waals surface area contributed by atoms with Crippen LogP contribution in [0.4, 0.5) is 11.6 Å². The minimum Gasteiger partial charge on any atom is -0.333 e. The van der Waals surface area contributed by atoms with Gasteiger partial charge in [0.2, 0.25) is 5.95 Å². The van der Waals surface area contributed by atoms with Crippen LogP contribution < -0.4 is 16.7 Å². The Kier molecular flexibility index (Phi) is 4.40. The number of nitrogens with one attached hydrogen (secondary N) is 1. The van der Waals surface area contributed by atoms with Crippen molar-refractivity contribution in [2.45, 2.75) is 0 Å². The lowest BCUT2D eigenvalue weighted by molar-refractivity contribution is 0.828. The number of nitrogens with zero attached hydrogens (tertiary/aromatic N) is 3. The van der Waals surface area contributed by atoms with E-state index in [4.69, 9.17) is 17.4 Å². The molecule has 6 nitrogen and oxygen atoms in total. The molecule has 1 aromatic carbocycles. The first kappa shape index (κ1) is 15.3. The van der Waals surface area contributed by atoms with Crippen LogP contribution in [0.2, 0.25) is 5.02 Å². The van der Waals surface area contributed by atoms with Gasteiger partial charge in [-0.05, 0) is 47.9 Å². The van der Waals surface area contributed by atoms with Crippen LogP contribution in [-0.4, -0.2) is 14.9 Å². The molecule has 116 valence electrons. The molecule has 0 radical (unpaired) electrons. The first-order valence-corrected chi connectivity index (χ1v) is 7.88. The van der Waals surface area contributed by atoms with E-state index in [0.717, 1.165) is 9.55 Å². The van der Waals surface area contributed by atoms with Gasteiger partial charge >= 0.3 is 0 Å². The molecule has 0 atom stereocenters. The molecule has 3 rings (SSSR count). The Morgan fingerprint density at radius 3 is 2.65 bits per heavy atom. The predicted molar refractivity (Wildman–Crippen MR) is 94.4 cm³/mol. The van der Waals surface area contributed by atoms with Crippen LogP contribution in [-0.2, 0) is 0 Å². The molecule has 2 aromatic heterocycles. The monoisotopic (exact) mass is 345 g/mol. The summed E-state index contributed by atoms with van der Waals surface area (Å²) in [5.74, 6) is 5.94.